The molecular formula is C15H14IN3O2S. The average molecular weight is 427 g/mol. The van der Waals surface area contributed by atoms with Crippen molar-refractivity contribution in [3.8, 4) is 0 Å². The molecule has 7 heteroatoms. The Kier molecular flexibility index (Phi) is 6.53. The van der Waals surface area contributed by atoms with Crippen molar-refractivity contribution in [2.45, 2.75) is 12.8 Å². The van der Waals surface area contributed by atoms with Crippen molar-refractivity contribution in [3.05, 3.63) is 50.2 Å². The van der Waals surface area contributed by atoms with Crippen LogP contribution in [0, 0.1) is 3.57 Å². The molecule has 0 atom stereocenters. The second-order valence-corrected chi connectivity index (χ2v) is 6.59. The van der Waals surface area contributed by atoms with Crippen LogP contribution in [0.4, 0.5) is 5.69 Å². The van der Waals surface area contributed by atoms with Crippen molar-refractivity contribution in [1.82, 2.24) is 5.43 Å². The van der Waals surface area contributed by atoms with E-state index >= 15 is 0 Å². The van der Waals surface area contributed by atoms with Crippen LogP contribution in [0.5, 0.6) is 0 Å². The summed E-state index contributed by atoms with van der Waals surface area (Å²) in [6, 6.07) is 11.3. The molecular weight excluding hydrogens is 413 g/mol. The second kappa shape index (κ2) is 8.64. The van der Waals surface area contributed by atoms with Gasteiger partial charge in [-0.3, -0.25) is 9.59 Å². The number of hydrazone groups is 1. The first-order chi connectivity index (χ1) is 10.6. The fourth-order valence-electron chi connectivity index (χ4n) is 1.57. The predicted molar refractivity (Wildman–Crippen MR) is 97.1 cm³/mol. The Morgan fingerprint density at radius 3 is 2.55 bits per heavy atom. The summed E-state index contributed by atoms with van der Waals surface area (Å²) in [6.07, 6.45) is 1.79. The minimum Gasteiger partial charge on any atom is -0.326 e. The SMILES string of the molecule is O=C(CCC(=O)Nc1ccc(I)cc1)N/N=C/c1cccs1. The van der Waals surface area contributed by atoms with E-state index in [1.165, 1.54) is 11.3 Å². The first-order valence-electron chi connectivity index (χ1n) is 6.54. The Hall–Kier alpha value is -1.74. The quantitative estimate of drug-likeness (QED) is 0.422. The minimum absolute atomic E-state index is 0.0952. The summed E-state index contributed by atoms with van der Waals surface area (Å²) in [4.78, 5) is 24.3. The fourth-order valence-corrected chi connectivity index (χ4v) is 2.52. The highest BCUT2D eigenvalue weighted by Crippen LogP contribution is 2.11. The number of amides is 2. The standard InChI is InChI=1S/C15H14IN3O2S/c16-11-3-5-12(6-4-11)18-14(20)7-8-15(21)19-17-10-13-2-1-9-22-13/h1-6,9-10H,7-8H2,(H,18,20)(H,19,21)/b17-10+. The van der Waals surface area contributed by atoms with Gasteiger partial charge < -0.3 is 5.32 Å². The first kappa shape index (κ1) is 16.6. The zero-order valence-corrected chi connectivity index (χ0v) is 14.6. The Labute approximate surface area is 146 Å². The molecule has 1 aromatic heterocycles. The van der Waals surface area contributed by atoms with Crippen LogP contribution < -0.4 is 10.7 Å². The van der Waals surface area contributed by atoms with Crippen molar-refractivity contribution < 1.29 is 9.59 Å². The molecule has 1 heterocycles. The van der Waals surface area contributed by atoms with Crippen molar-refractivity contribution in [2.75, 3.05) is 5.32 Å². The number of hydrogen-bond donors (Lipinski definition) is 2. The monoisotopic (exact) mass is 427 g/mol. The average Bonchev–Trinajstić information content (AvgIpc) is 3.01. The fraction of sp³-hybridized carbons (Fsp3) is 0.133. The van der Waals surface area contributed by atoms with Crippen LogP contribution in [-0.2, 0) is 9.59 Å². The van der Waals surface area contributed by atoms with E-state index in [0.29, 0.717) is 0 Å². The third-order valence-electron chi connectivity index (χ3n) is 2.63. The summed E-state index contributed by atoms with van der Waals surface area (Å²) in [6.45, 7) is 0. The number of anilines is 1. The molecule has 0 saturated heterocycles. The van der Waals surface area contributed by atoms with Gasteiger partial charge in [-0.05, 0) is 58.3 Å². The van der Waals surface area contributed by atoms with Gasteiger partial charge in [0.2, 0.25) is 11.8 Å². The van der Waals surface area contributed by atoms with Crippen molar-refractivity contribution in [1.29, 1.82) is 0 Å². The summed E-state index contributed by atoms with van der Waals surface area (Å²) >= 11 is 3.72. The van der Waals surface area contributed by atoms with Crippen molar-refractivity contribution >= 4 is 57.6 Å². The van der Waals surface area contributed by atoms with E-state index in [-0.39, 0.29) is 24.7 Å². The van der Waals surface area contributed by atoms with E-state index in [1.54, 1.807) is 6.21 Å². The molecule has 114 valence electrons. The number of nitrogens with zero attached hydrogens (tertiary/aromatic N) is 1. The molecule has 0 aliphatic heterocycles. The summed E-state index contributed by atoms with van der Waals surface area (Å²) in [7, 11) is 0. The normalized spacial score (nSPS) is 10.6. The number of carbonyl (C=O) groups is 2. The predicted octanol–water partition coefficient (Wildman–Crippen LogP) is 3.22. The molecule has 0 fully saturated rings. The number of hydrogen-bond acceptors (Lipinski definition) is 4. The van der Waals surface area contributed by atoms with Gasteiger partial charge in [0.1, 0.15) is 0 Å². The van der Waals surface area contributed by atoms with Crippen LogP contribution >= 0.6 is 33.9 Å². The van der Waals surface area contributed by atoms with Crippen LogP contribution in [0.3, 0.4) is 0 Å². The Morgan fingerprint density at radius 2 is 1.86 bits per heavy atom. The molecule has 2 amide bonds. The topological polar surface area (TPSA) is 70.6 Å². The maximum Gasteiger partial charge on any atom is 0.240 e. The lowest BCUT2D eigenvalue weighted by Gasteiger charge is -2.04. The molecule has 0 radical (unpaired) electrons. The summed E-state index contributed by atoms with van der Waals surface area (Å²) in [5.74, 6) is -0.482. The molecule has 1 aromatic carbocycles. The van der Waals surface area contributed by atoms with E-state index in [1.807, 2.05) is 41.8 Å². The lowest BCUT2D eigenvalue weighted by atomic mass is 10.2. The molecule has 22 heavy (non-hydrogen) atoms. The Bertz CT molecular complexity index is 654. The molecule has 0 saturated carbocycles. The van der Waals surface area contributed by atoms with E-state index in [2.05, 4.69) is 38.4 Å². The van der Waals surface area contributed by atoms with E-state index in [9.17, 15) is 9.59 Å². The van der Waals surface area contributed by atoms with Crippen molar-refractivity contribution in [2.24, 2.45) is 5.10 Å². The molecule has 0 unspecified atom stereocenters. The van der Waals surface area contributed by atoms with Crippen LogP contribution in [0.15, 0.2) is 46.9 Å². The van der Waals surface area contributed by atoms with Gasteiger partial charge in [-0.1, -0.05) is 6.07 Å². The van der Waals surface area contributed by atoms with E-state index in [0.717, 1.165) is 14.1 Å². The van der Waals surface area contributed by atoms with Crippen LogP contribution in [0.25, 0.3) is 0 Å². The van der Waals surface area contributed by atoms with Gasteiger partial charge in [0.25, 0.3) is 0 Å². The number of halogens is 1. The summed E-state index contributed by atoms with van der Waals surface area (Å²) in [5, 5.41) is 8.51. The molecule has 0 spiro atoms. The van der Waals surface area contributed by atoms with Gasteiger partial charge >= 0.3 is 0 Å². The largest absolute Gasteiger partial charge is 0.326 e. The molecule has 0 aliphatic rings. The highest BCUT2D eigenvalue weighted by Gasteiger charge is 2.06. The van der Waals surface area contributed by atoms with Crippen LogP contribution in [0.2, 0.25) is 0 Å². The van der Waals surface area contributed by atoms with Gasteiger partial charge in [-0.2, -0.15) is 5.10 Å². The van der Waals surface area contributed by atoms with Crippen molar-refractivity contribution in [3.63, 3.8) is 0 Å². The first-order valence-corrected chi connectivity index (χ1v) is 8.50. The maximum atomic E-state index is 11.7. The van der Waals surface area contributed by atoms with Gasteiger partial charge in [0, 0.05) is 27.0 Å². The number of carbonyl (C=O) groups excluding carboxylic acids is 2. The Balaban J connectivity index is 1.69. The van der Waals surface area contributed by atoms with E-state index in [4.69, 9.17) is 0 Å². The third-order valence-corrected chi connectivity index (χ3v) is 4.16. The highest BCUT2D eigenvalue weighted by atomic mass is 127. The summed E-state index contributed by atoms with van der Waals surface area (Å²) in [5.41, 5.74) is 3.13. The second-order valence-electron chi connectivity index (χ2n) is 4.36. The maximum absolute atomic E-state index is 11.7. The zero-order valence-electron chi connectivity index (χ0n) is 11.6. The lowest BCUT2D eigenvalue weighted by Crippen LogP contribution is -2.20. The zero-order chi connectivity index (χ0) is 15.8. The number of nitrogens with one attached hydrogen (secondary N) is 2. The number of thiophene rings is 1. The van der Waals surface area contributed by atoms with Gasteiger partial charge in [-0.25, -0.2) is 5.43 Å². The Morgan fingerprint density at radius 1 is 1.14 bits per heavy atom. The molecule has 2 N–H and O–H groups in total. The molecule has 2 rings (SSSR count). The lowest BCUT2D eigenvalue weighted by molar-refractivity contribution is -0.124. The van der Waals surface area contributed by atoms with Gasteiger partial charge in [0.05, 0.1) is 6.21 Å². The van der Waals surface area contributed by atoms with Gasteiger partial charge in [-0.15, -0.1) is 11.3 Å². The highest BCUT2D eigenvalue weighted by molar-refractivity contribution is 14.1. The number of rotatable bonds is 6. The van der Waals surface area contributed by atoms with Crippen LogP contribution in [0.1, 0.15) is 17.7 Å². The summed E-state index contributed by atoms with van der Waals surface area (Å²) < 4.78 is 1.10. The molecule has 5 nitrogen and oxygen atoms in total. The van der Waals surface area contributed by atoms with E-state index < -0.39 is 0 Å². The third kappa shape index (κ3) is 5.94. The molecule has 0 aliphatic carbocycles. The molecule has 0 bridgehead atoms. The van der Waals surface area contributed by atoms with Gasteiger partial charge in [0.15, 0.2) is 0 Å². The van der Waals surface area contributed by atoms with Crippen LogP contribution in [-0.4, -0.2) is 18.0 Å². The minimum atomic E-state index is -0.287. The number of benzene rings is 1. The smallest absolute Gasteiger partial charge is 0.240 e. The molecule has 2 aromatic rings.